The summed E-state index contributed by atoms with van der Waals surface area (Å²) in [6, 6.07) is 10.9. The van der Waals surface area contributed by atoms with Crippen LogP contribution in [0.2, 0.25) is 0 Å². The van der Waals surface area contributed by atoms with Gasteiger partial charge in [0.2, 0.25) is 0 Å². The third-order valence-corrected chi connectivity index (χ3v) is 3.95. The Balaban J connectivity index is 1.68. The van der Waals surface area contributed by atoms with Crippen LogP contribution in [-0.2, 0) is 0 Å². The van der Waals surface area contributed by atoms with Crippen molar-refractivity contribution in [3.63, 3.8) is 0 Å². The number of anilines is 2. The van der Waals surface area contributed by atoms with Crippen LogP contribution in [0.25, 0.3) is 0 Å². The van der Waals surface area contributed by atoms with Gasteiger partial charge in [-0.1, -0.05) is 0 Å². The van der Waals surface area contributed by atoms with Crippen molar-refractivity contribution in [1.82, 2.24) is 4.98 Å². The zero-order valence-corrected chi connectivity index (χ0v) is 12.3. The van der Waals surface area contributed by atoms with Crippen molar-refractivity contribution in [3.8, 4) is 0 Å². The van der Waals surface area contributed by atoms with E-state index in [1.165, 1.54) is 5.69 Å². The smallest absolute Gasteiger partial charge is 0.269 e. The van der Waals surface area contributed by atoms with Crippen LogP contribution in [0, 0.1) is 10.1 Å². The third-order valence-electron chi connectivity index (χ3n) is 3.95. The average Bonchev–Trinajstić information content (AvgIpc) is 2.82. The first-order valence-electron chi connectivity index (χ1n) is 7.38. The molecule has 0 aliphatic carbocycles. The quantitative estimate of drug-likeness (QED) is 0.644. The number of nitrogens with zero attached hydrogens (tertiary/aromatic N) is 4. The lowest BCUT2D eigenvalue weighted by molar-refractivity contribution is -0.384. The molecule has 3 rings (SSSR count). The first-order valence-corrected chi connectivity index (χ1v) is 7.38. The molecule has 0 bridgehead atoms. The molecule has 1 aliphatic rings. The Morgan fingerprint density at radius 2 is 1.41 bits per heavy atom. The van der Waals surface area contributed by atoms with E-state index >= 15 is 0 Å². The molecule has 2 heterocycles. The van der Waals surface area contributed by atoms with E-state index in [1.807, 2.05) is 36.7 Å². The Morgan fingerprint density at radius 3 is 1.95 bits per heavy atom. The molecule has 6 heteroatoms. The monoisotopic (exact) mass is 298 g/mol. The van der Waals surface area contributed by atoms with Crippen LogP contribution < -0.4 is 9.80 Å². The molecule has 0 spiro atoms. The van der Waals surface area contributed by atoms with Crippen LogP contribution in [0.15, 0.2) is 48.8 Å². The van der Waals surface area contributed by atoms with E-state index in [2.05, 4.69) is 14.8 Å². The number of nitro benzene ring substituents is 1. The van der Waals surface area contributed by atoms with E-state index in [-0.39, 0.29) is 10.6 Å². The highest BCUT2D eigenvalue weighted by molar-refractivity contribution is 5.52. The topological polar surface area (TPSA) is 62.5 Å². The summed E-state index contributed by atoms with van der Waals surface area (Å²) >= 11 is 0. The van der Waals surface area contributed by atoms with E-state index in [4.69, 9.17) is 0 Å². The van der Waals surface area contributed by atoms with Gasteiger partial charge in [-0.25, -0.2) is 0 Å². The molecule has 0 unspecified atom stereocenters. The van der Waals surface area contributed by atoms with E-state index in [9.17, 15) is 10.1 Å². The fraction of sp³-hybridized carbons (Fsp3) is 0.312. The average molecular weight is 298 g/mol. The SMILES string of the molecule is O=[N+]([O-])c1ccc(N2CCCN(c3ccncc3)CC2)cc1. The molecule has 0 atom stereocenters. The summed E-state index contributed by atoms with van der Waals surface area (Å²) in [4.78, 5) is 19.1. The van der Waals surface area contributed by atoms with Gasteiger partial charge in [-0.3, -0.25) is 15.1 Å². The molecular formula is C16H18N4O2. The van der Waals surface area contributed by atoms with Gasteiger partial charge in [0.05, 0.1) is 4.92 Å². The molecule has 0 saturated carbocycles. The number of rotatable bonds is 3. The molecule has 2 aromatic rings. The maximum Gasteiger partial charge on any atom is 0.269 e. The maximum atomic E-state index is 10.7. The normalized spacial score (nSPS) is 15.5. The predicted molar refractivity (Wildman–Crippen MR) is 86.4 cm³/mol. The Kier molecular flexibility index (Phi) is 4.18. The number of aromatic nitrogens is 1. The van der Waals surface area contributed by atoms with Crippen molar-refractivity contribution in [2.75, 3.05) is 36.0 Å². The Labute approximate surface area is 129 Å². The number of non-ortho nitro benzene ring substituents is 1. The molecule has 0 amide bonds. The van der Waals surface area contributed by atoms with Crippen molar-refractivity contribution in [1.29, 1.82) is 0 Å². The van der Waals surface area contributed by atoms with Crippen molar-refractivity contribution in [2.24, 2.45) is 0 Å². The van der Waals surface area contributed by atoms with Gasteiger partial charge < -0.3 is 9.80 Å². The van der Waals surface area contributed by atoms with Gasteiger partial charge in [0, 0.05) is 62.1 Å². The van der Waals surface area contributed by atoms with Gasteiger partial charge in [0.15, 0.2) is 0 Å². The van der Waals surface area contributed by atoms with Crippen molar-refractivity contribution in [2.45, 2.75) is 6.42 Å². The second kappa shape index (κ2) is 6.43. The largest absolute Gasteiger partial charge is 0.370 e. The highest BCUT2D eigenvalue weighted by Gasteiger charge is 2.16. The molecule has 1 fully saturated rings. The first-order chi connectivity index (χ1) is 10.7. The van der Waals surface area contributed by atoms with Gasteiger partial charge in [0.1, 0.15) is 0 Å². The standard InChI is InChI=1S/C16H18N4O2/c21-20(22)16-4-2-14(3-5-16)18-10-1-11-19(13-12-18)15-6-8-17-9-7-15/h2-9H,1,10-13H2. The highest BCUT2D eigenvalue weighted by atomic mass is 16.6. The van der Waals surface area contributed by atoms with E-state index < -0.39 is 0 Å². The van der Waals surface area contributed by atoms with Gasteiger partial charge in [-0.15, -0.1) is 0 Å². The molecule has 1 aliphatic heterocycles. The Morgan fingerprint density at radius 1 is 0.864 bits per heavy atom. The molecule has 0 radical (unpaired) electrons. The number of hydrogen-bond donors (Lipinski definition) is 0. The van der Waals surface area contributed by atoms with Crippen molar-refractivity contribution < 1.29 is 4.92 Å². The van der Waals surface area contributed by atoms with Gasteiger partial charge in [-0.05, 0) is 30.7 Å². The summed E-state index contributed by atoms with van der Waals surface area (Å²) in [5.74, 6) is 0. The summed E-state index contributed by atoms with van der Waals surface area (Å²) < 4.78 is 0. The molecule has 6 nitrogen and oxygen atoms in total. The summed E-state index contributed by atoms with van der Waals surface area (Å²) in [5.41, 5.74) is 2.37. The lowest BCUT2D eigenvalue weighted by Gasteiger charge is -2.24. The van der Waals surface area contributed by atoms with Gasteiger partial charge in [-0.2, -0.15) is 0 Å². The fourth-order valence-electron chi connectivity index (χ4n) is 2.77. The Hall–Kier alpha value is -2.63. The molecule has 114 valence electrons. The van der Waals surface area contributed by atoms with E-state index in [0.29, 0.717) is 0 Å². The highest BCUT2D eigenvalue weighted by Crippen LogP contribution is 2.22. The van der Waals surface area contributed by atoms with Crippen LogP contribution in [0.4, 0.5) is 17.1 Å². The molecule has 1 aromatic carbocycles. The zero-order valence-electron chi connectivity index (χ0n) is 12.3. The number of pyridine rings is 1. The molecular weight excluding hydrogens is 280 g/mol. The number of nitro groups is 1. The summed E-state index contributed by atoms with van der Waals surface area (Å²) in [7, 11) is 0. The summed E-state index contributed by atoms with van der Waals surface area (Å²) in [5, 5.41) is 10.7. The lowest BCUT2D eigenvalue weighted by Crippen LogP contribution is -2.30. The minimum absolute atomic E-state index is 0.136. The molecule has 0 N–H and O–H groups in total. The van der Waals surface area contributed by atoms with Crippen molar-refractivity contribution >= 4 is 17.1 Å². The second-order valence-corrected chi connectivity index (χ2v) is 5.31. The van der Waals surface area contributed by atoms with Gasteiger partial charge >= 0.3 is 0 Å². The van der Waals surface area contributed by atoms with E-state index in [1.54, 1.807) is 12.1 Å². The summed E-state index contributed by atoms with van der Waals surface area (Å²) in [6.45, 7) is 3.80. The van der Waals surface area contributed by atoms with Crippen LogP contribution >= 0.6 is 0 Å². The molecule has 22 heavy (non-hydrogen) atoms. The first kappa shape index (κ1) is 14.3. The number of benzene rings is 1. The van der Waals surface area contributed by atoms with Crippen LogP contribution in [0.5, 0.6) is 0 Å². The minimum Gasteiger partial charge on any atom is -0.370 e. The fourth-order valence-corrected chi connectivity index (χ4v) is 2.77. The minimum atomic E-state index is -0.364. The zero-order chi connectivity index (χ0) is 15.4. The van der Waals surface area contributed by atoms with Crippen LogP contribution in [-0.4, -0.2) is 36.1 Å². The third kappa shape index (κ3) is 3.16. The van der Waals surface area contributed by atoms with Crippen LogP contribution in [0.3, 0.4) is 0 Å². The molecule has 1 saturated heterocycles. The molecule has 1 aromatic heterocycles. The van der Waals surface area contributed by atoms with Gasteiger partial charge in [0.25, 0.3) is 5.69 Å². The van der Waals surface area contributed by atoms with E-state index in [0.717, 1.165) is 38.3 Å². The Bertz CT molecular complexity index is 630. The number of hydrogen-bond acceptors (Lipinski definition) is 5. The van der Waals surface area contributed by atoms with Crippen LogP contribution in [0.1, 0.15) is 6.42 Å². The maximum absolute atomic E-state index is 10.7. The summed E-state index contributed by atoms with van der Waals surface area (Å²) in [6.07, 6.45) is 4.68. The second-order valence-electron chi connectivity index (χ2n) is 5.31. The lowest BCUT2D eigenvalue weighted by atomic mass is 10.2. The van der Waals surface area contributed by atoms with Crippen molar-refractivity contribution in [3.05, 3.63) is 58.9 Å². The predicted octanol–water partition coefficient (Wildman–Crippen LogP) is 2.71.